The van der Waals surface area contributed by atoms with E-state index in [0.29, 0.717) is 22.7 Å². The fourth-order valence-corrected chi connectivity index (χ4v) is 10.7. The maximum Gasteiger partial charge on any atom is 0.407 e. The summed E-state index contributed by atoms with van der Waals surface area (Å²) in [7, 11) is -5.38. The second-order valence-corrected chi connectivity index (χ2v) is 31.0. The van der Waals surface area contributed by atoms with Crippen LogP contribution in [0.15, 0.2) is 72.9 Å². The van der Waals surface area contributed by atoms with Crippen molar-refractivity contribution in [1.82, 2.24) is 35.6 Å². The molecule has 7 amide bonds. The first-order valence-corrected chi connectivity index (χ1v) is 32.4. The van der Waals surface area contributed by atoms with Gasteiger partial charge in [0.15, 0.2) is 9.84 Å². The van der Waals surface area contributed by atoms with Gasteiger partial charge in [0.2, 0.25) is 23.6 Å². The summed E-state index contributed by atoms with van der Waals surface area (Å²) in [5.41, 5.74) is 0.334. The van der Waals surface area contributed by atoms with Crippen molar-refractivity contribution in [2.75, 3.05) is 62.3 Å². The standard InChI is InChI=1S/C54H75F2N7O12S2Si/c1-53(2,3)50(43-30-38(40-31-39(55)16-17-41(40)56)33-61(43)32-37-14-11-10-12-15-37)62(25-13-22-59-52(71)74-26-29-78(7,8)9)48(68)36-76-35-42(60-44(64)18-21-49(69)75-54(4,5)6)51(70)58-24-28-77(72,73)27-23-57-45(65)34-63-46(66)19-20-47(63)67/h10-12,14-17,19-20,30-31,33,42,50H,13,18,21-29,32,34-36H2,1-9H3,(H,57,65)(H,58,70)(H,59,71)(H,60,64)/t42-,50-/m0/s1. The maximum atomic E-state index is 15.5. The van der Waals surface area contributed by atoms with E-state index in [-0.39, 0.29) is 62.6 Å². The third kappa shape index (κ3) is 22.1. The zero-order chi connectivity index (χ0) is 58.0. The molecule has 0 fully saturated rings. The molecule has 0 saturated carbocycles. The lowest BCUT2D eigenvalue weighted by molar-refractivity contribution is -0.155. The Morgan fingerprint density at radius 1 is 0.821 bits per heavy atom. The molecule has 4 N–H and O–H groups in total. The number of rotatable bonds is 29. The van der Waals surface area contributed by atoms with Crippen molar-refractivity contribution in [2.45, 2.75) is 111 Å². The van der Waals surface area contributed by atoms with Gasteiger partial charge in [0.05, 0.1) is 36.3 Å². The molecule has 0 unspecified atom stereocenters. The lowest BCUT2D eigenvalue weighted by Gasteiger charge is -2.41. The minimum atomic E-state index is -3.90. The highest BCUT2D eigenvalue weighted by Crippen LogP contribution is 2.41. The van der Waals surface area contributed by atoms with Gasteiger partial charge >= 0.3 is 12.1 Å². The molecular weight excluding hydrogens is 1070 g/mol. The fourth-order valence-electron chi connectivity index (χ4n) is 8.04. The summed E-state index contributed by atoms with van der Waals surface area (Å²) in [6.07, 6.45) is 2.74. The SMILES string of the molecule is CC(C)(C)OC(=O)CCC(=O)N[C@@H](CSCC(=O)N(CCCNC(=O)OCC[Si](C)(C)C)[C@@H](c1cc(-c2cc(F)ccc2F)cn1Cc1ccccc1)C(C)(C)C)C(=O)NCCS(=O)(=O)CCNC(=O)CN1C(=O)C=CC1=O. The van der Waals surface area contributed by atoms with Crippen molar-refractivity contribution >= 4 is 77.2 Å². The van der Waals surface area contributed by atoms with E-state index < -0.39 is 125 Å². The number of ether oxygens (including phenoxy) is 2. The summed E-state index contributed by atoms with van der Waals surface area (Å²) in [6.45, 7) is 16.7. The second-order valence-electron chi connectivity index (χ2n) is 22.1. The normalized spacial score (nSPS) is 13.7. The number of imide groups is 1. The second kappa shape index (κ2) is 29.0. The maximum absolute atomic E-state index is 15.5. The Morgan fingerprint density at radius 3 is 2.10 bits per heavy atom. The van der Waals surface area contributed by atoms with Crippen LogP contribution < -0.4 is 21.3 Å². The predicted molar refractivity (Wildman–Crippen MR) is 296 cm³/mol. The fraction of sp³-hybridized carbons (Fsp3) is 0.519. The molecule has 0 radical (unpaired) electrons. The molecule has 2 heterocycles. The third-order valence-corrected chi connectivity index (χ3v) is 16.2. The lowest BCUT2D eigenvalue weighted by atomic mass is 9.83. The number of hydrogen-bond donors (Lipinski definition) is 4. The van der Waals surface area contributed by atoms with Crippen molar-refractivity contribution in [3.63, 3.8) is 0 Å². The van der Waals surface area contributed by atoms with Crippen LogP contribution >= 0.6 is 11.8 Å². The van der Waals surface area contributed by atoms with Crippen LogP contribution in [-0.2, 0) is 59.4 Å². The Bertz CT molecular complexity index is 2740. The van der Waals surface area contributed by atoms with Crippen molar-refractivity contribution in [3.8, 4) is 11.1 Å². The predicted octanol–water partition coefficient (Wildman–Crippen LogP) is 5.76. The average molecular weight is 1140 g/mol. The first kappa shape index (κ1) is 64.1. The van der Waals surface area contributed by atoms with Crippen LogP contribution in [-0.4, -0.2) is 152 Å². The first-order valence-electron chi connectivity index (χ1n) is 25.7. The van der Waals surface area contributed by atoms with Crippen LogP contribution in [0, 0.1) is 17.0 Å². The summed E-state index contributed by atoms with van der Waals surface area (Å²) in [6, 6.07) is 13.1. The van der Waals surface area contributed by atoms with Crippen molar-refractivity contribution in [3.05, 3.63) is 95.8 Å². The van der Waals surface area contributed by atoms with E-state index >= 15 is 4.39 Å². The Hall–Kier alpha value is -6.40. The van der Waals surface area contributed by atoms with Crippen LogP contribution in [0.3, 0.4) is 0 Å². The van der Waals surface area contributed by atoms with Gasteiger partial charge in [0, 0.05) is 88.1 Å². The Labute approximate surface area is 461 Å². The van der Waals surface area contributed by atoms with E-state index in [2.05, 4.69) is 40.9 Å². The molecule has 0 saturated heterocycles. The number of aromatic nitrogens is 1. The number of thioether (sulfide) groups is 1. The number of carbonyl (C=O) groups excluding carboxylic acids is 8. The highest BCUT2D eigenvalue weighted by Gasteiger charge is 2.38. The molecule has 3 aromatic rings. The smallest absolute Gasteiger partial charge is 0.407 e. The molecule has 78 heavy (non-hydrogen) atoms. The zero-order valence-corrected chi connectivity index (χ0v) is 48.6. The van der Waals surface area contributed by atoms with Crippen molar-refractivity contribution in [2.24, 2.45) is 5.41 Å². The van der Waals surface area contributed by atoms with E-state index in [1.165, 1.54) is 0 Å². The summed E-state index contributed by atoms with van der Waals surface area (Å²) in [5, 5.41) is 10.3. The molecule has 0 bridgehead atoms. The van der Waals surface area contributed by atoms with Gasteiger partial charge in [-0.1, -0.05) is 70.7 Å². The summed E-state index contributed by atoms with van der Waals surface area (Å²) >= 11 is 1.00. The number of nitrogens with one attached hydrogen (secondary N) is 4. The van der Waals surface area contributed by atoms with Gasteiger partial charge in [0.25, 0.3) is 11.8 Å². The Balaban J connectivity index is 1.58. The largest absolute Gasteiger partial charge is 0.460 e. The number of alkyl carbamates (subject to hydrolysis) is 1. The average Bonchev–Trinajstić information content (AvgIpc) is 3.90. The Kier molecular flexibility index (Phi) is 23.8. The third-order valence-electron chi connectivity index (χ3n) is 11.8. The minimum Gasteiger partial charge on any atom is -0.460 e. The van der Waals surface area contributed by atoms with Crippen molar-refractivity contribution < 1.29 is 65.0 Å². The van der Waals surface area contributed by atoms with Crippen LogP contribution in [0.1, 0.15) is 78.1 Å². The number of sulfone groups is 1. The number of esters is 1. The highest BCUT2D eigenvalue weighted by atomic mass is 32.2. The molecule has 24 heteroatoms. The van der Waals surface area contributed by atoms with Crippen LogP contribution in [0.4, 0.5) is 13.6 Å². The van der Waals surface area contributed by atoms with Crippen LogP contribution in [0.5, 0.6) is 0 Å². The van der Waals surface area contributed by atoms with Gasteiger partial charge < -0.3 is 40.2 Å². The minimum absolute atomic E-state index is 0.0188. The molecule has 0 aliphatic carbocycles. The quantitative estimate of drug-likeness (QED) is 0.0280. The van der Waals surface area contributed by atoms with Gasteiger partial charge in [-0.25, -0.2) is 22.0 Å². The van der Waals surface area contributed by atoms with E-state index in [1.807, 2.05) is 55.7 Å². The summed E-state index contributed by atoms with van der Waals surface area (Å²) in [4.78, 5) is 105. The van der Waals surface area contributed by atoms with E-state index in [1.54, 1.807) is 37.9 Å². The number of hydrogen-bond acceptors (Lipinski definition) is 13. The van der Waals surface area contributed by atoms with E-state index in [9.17, 15) is 51.2 Å². The van der Waals surface area contributed by atoms with Gasteiger partial charge in [-0.3, -0.25) is 38.5 Å². The molecule has 2 atom stereocenters. The number of carbonyl (C=O) groups is 8. The van der Waals surface area contributed by atoms with Crippen molar-refractivity contribution in [1.29, 1.82) is 0 Å². The van der Waals surface area contributed by atoms with E-state index in [4.69, 9.17) is 9.47 Å². The van der Waals surface area contributed by atoms with E-state index in [0.717, 1.165) is 53.7 Å². The molecule has 1 aromatic heterocycles. The molecule has 1 aliphatic heterocycles. The summed E-state index contributed by atoms with van der Waals surface area (Å²) < 4.78 is 68.7. The molecule has 2 aromatic carbocycles. The topological polar surface area (TPSA) is 249 Å². The lowest BCUT2D eigenvalue weighted by Crippen LogP contribution is -2.49. The van der Waals surface area contributed by atoms with Gasteiger partial charge in [-0.05, 0) is 68.5 Å². The monoisotopic (exact) mass is 1140 g/mol. The zero-order valence-electron chi connectivity index (χ0n) is 46.0. The number of nitrogens with zero attached hydrogens (tertiary/aromatic N) is 3. The molecule has 0 spiro atoms. The summed E-state index contributed by atoms with van der Waals surface area (Å²) in [5.74, 6) is -7.51. The first-order chi connectivity index (χ1) is 36.4. The molecule has 428 valence electrons. The van der Waals surface area contributed by atoms with Gasteiger partial charge in [-0.2, -0.15) is 0 Å². The van der Waals surface area contributed by atoms with Crippen LogP contribution in [0.2, 0.25) is 25.7 Å². The molecule has 19 nitrogen and oxygen atoms in total. The number of benzene rings is 2. The Morgan fingerprint density at radius 2 is 1.47 bits per heavy atom. The highest BCUT2D eigenvalue weighted by molar-refractivity contribution is 8.00. The van der Waals surface area contributed by atoms with Crippen LogP contribution in [0.25, 0.3) is 11.1 Å². The molecule has 4 rings (SSSR count). The molecule has 1 aliphatic rings. The number of halogens is 2. The number of amides is 7. The van der Waals surface area contributed by atoms with Gasteiger partial charge in [0.1, 0.15) is 29.8 Å². The molecular formula is C54H75F2N7O12S2Si. The van der Waals surface area contributed by atoms with Gasteiger partial charge in [-0.15, -0.1) is 11.8 Å².